The van der Waals surface area contributed by atoms with Gasteiger partial charge in [0, 0.05) is 38.6 Å². The summed E-state index contributed by atoms with van der Waals surface area (Å²) in [5.41, 5.74) is 0.258. The van der Waals surface area contributed by atoms with E-state index in [1.165, 1.54) is 19.3 Å². The molecule has 1 unspecified atom stereocenters. The summed E-state index contributed by atoms with van der Waals surface area (Å²) in [6, 6.07) is 0.648. The van der Waals surface area contributed by atoms with Crippen molar-refractivity contribution < 1.29 is 4.79 Å². The lowest BCUT2D eigenvalue weighted by molar-refractivity contribution is -0.134. The molecule has 1 aliphatic carbocycles. The van der Waals surface area contributed by atoms with Gasteiger partial charge in [-0.15, -0.1) is 0 Å². The fraction of sp³-hybridized carbons (Fsp3) is 0.929. The molecule has 0 radical (unpaired) electrons. The van der Waals surface area contributed by atoms with E-state index in [1.807, 2.05) is 0 Å². The van der Waals surface area contributed by atoms with Crippen molar-refractivity contribution in [3.05, 3.63) is 0 Å². The van der Waals surface area contributed by atoms with Crippen molar-refractivity contribution in [3.63, 3.8) is 0 Å². The zero-order valence-electron chi connectivity index (χ0n) is 11.7. The van der Waals surface area contributed by atoms with Crippen LogP contribution in [0.3, 0.4) is 0 Å². The predicted octanol–water partition coefficient (Wildman–Crippen LogP) is 2.03. The fourth-order valence-electron chi connectivity index (χ4n) is 2.67. The van der Waals surface area contributed by atoms with E-state index in [0.29, 0.717) is 11.9 Å². The molecule has 0 bridgehead atoms. The Labute approximate surface area is 116 Å². The minimum atomic E-state index is 0.258. The topological polar surface area (TPSA) is 23.6 Å². The summed E-state index contributed by atoms with van der Waals surface area (Å²) in [6.45, 7) is 8.39. The number of nitrogens with zero attached hydrogens (tertiary/aromatic N) is 2. The molecule has 0 aromatic heterocycles. The maximum Gasteiger partial charge on any atom is 0.223 e. The molecule has 18 heavy (non-hydrogen) atoms. The van der Waals surface area contributed by atoms with E-state index in [-0.39, 0.29) is 5.41 Å². The summed E-state index contributed by atoms with van der Waals surface area (Å²) in [5, 5.41) is 0. The highest BCUT2D eigenvalue weighted by Crippen LogP contribution is 2.49. The molecule has 2 aliphatic rings. The first-order chi connectivity index (χ1) is 8.60. The molecule has 2 fully saturated rings. The third-order valence-electron chi connectivity index (χ3n) is 4.70. The first-order valence-corrected chi connectivity index (χ1v) is 7.86. The number of carbonyl (C=O) groups is 1. The van der Waals surface area contributed by atoms with Crippen molar-refractivity contribution in [3.8, 4) is 0 Å². The first kappa shape index (κ1) is 14.2. The van der Waals surface area contributed by atoms with E-state index in [1.54, 1.807) is 0 Å². The van der Waals surface area contributed by atoms with Crippen molar-refractivity contribution >= 4 is 18.5 Å². The molecule has 1 saturated carbocycles. The Balaban J connectivity index is 1.77. The second-order valence-electron chi connectivity index (χ2n) is 6.01. The number of thiol groups is 1. The minimum Gasteiger partial charge on any atom is -0.340 e. The van der Waals surface area contributed by atoms with Crippen LogP contribution in [0.25, 0.3) is 0 Å². The molecule has 4 heteroatoms. The third kappa shape index (κ3) is 3.21. The average Bonchev–Trinajstić information content (AvgIpc) is 3.18. The number of amides is 1. The summed E-state index contributed by atoms with van der Waals surface area (Å²) < 4.78 is 0. The van der Waals surface area contributed by atoms with Crippen molar-refractivity contribution in [1.82, 2.24) is 9.80 Å². The van der Waals surface area contributed by atoms with Crippen molar-refractivity contribution in [1.29, 1.82) is 0 Å². The minimum absolute atomic E-state index is 0.258. The number of hydrogen-bond acceptors (Lipinski definition) is 3. The Morgan fingerprint density at radius 3 is 2.33 bits per heavy atom. The fourth-order valence-corrected chi connectivity index (χ4v) is 3.10. The van der Waals surface area contributed by atoms with Crippen LogP contribution in [0.2, 0.25) is 0 Å². The van der Waals surface area contributed by atoms with Crippen LogP contribution in [0.15, 0.2) is 0 Å². The summed E-state index contributed by atoms with van der Waals surface area (Å²) >= 11 is 4.38. The van der Waals surface area contributed by atoms with Crippen molar-refractivity contribution in [2.45, 2.75) is 45.6 Å². The van der Waals surface area contributed by atoms with Gasteiger partial charge in [0.2, 0.25) is 5.91 Å². The summed E-state index contributed by atoms with van der Waals surface area (Å²) in [7, 11) is 0. The van der Waals surface area contributed by atoms with E-state index in [4.69, 9.17) is 0 Å². The lowest BCUT2D eigenvalue weighted by atomic mass is 10.0. The van der Waals surface area contributed by atoms with E-state index < -0.39 is 0 Å². The molecule has 0 aromatic rings. The van der Waals surface area contributed by atoms with Crippen LogP contribution >= 0.6 is 12.6 Å². The van der Waals surface area contributed by atoms with Gasteiger partial charge in [-0.2, -0.15) is 12.6 Å². The van der Waals surface area contributed by atoms with E-state index in [0.717, 1.165) is 38.4 Å². The standard InChI is InChI=1S/C14H26N2OS/c1-3-12(2)15-6-8-16(9-7-15)13(17)10-14(11-18)4-5-14/h12,18H,3-11H2,1-2H3. The molecule has 104 valence electrons. The second-order valence-corrected chi connectivity index (χ2v) is 6.33. The van der Waals surface area contributed by atoms with Gasteiger partial charge in [-0.3, -0.25) is 9.69 Å². The predicted molar refractivity (Wildman–Crippen MR) is 78.0 cm³/mol. The molecular weight excluding hydrogens is 244 g/mol. The van der Waals surface area contributed by atoms with Crippen LogP contribution in [0.5, 0.6) is 0 Å². The largest absolute Gasteiger partial charge is 0.340 e. The van der Waals surface area contributed by atoms with Gasteiger partial charge in [-0.05, 0) is 37.4 Å². The van der Waals surface area contributed by atoms with Gasteiger partial charge in [-0.1, -0.05) is 6.92 Å². The number of rotatable bonds is 5. The second kappa shape index (κ2) is 5.83. The van der Waals surface area contributed by atoms with Gasteiger partial charge >= 0.3 is 0 Å². The third-order valence-corrected chi connectivity index (χ3v) is 5.37. The molecule has 0 spiro atoms. The molecule has 1 amide bonds. The molecular formula is C14H26N2OS. The quantitative estimate of drug-likeness (QED) is 0.773. The SMILES string of the molecule is CCC(C)N1CCN(C(=O)CC2(CS)CC2)CC1. The molecule has 0 N–H and O–H groups in total. The Hall–Kier alpha value is -0.220. The normalized spacial score (nSPS) is 24.9. The van der Waals surface area contributed by atoms with Crippen LogP contribution in [0.4, 0.5) is 0 Å². The van der Waals surface area contributed by atoms with Crippen molar-refractivity contribution in [2.75, 3.05) is 31.9 Å². The number of hydrogen-bond donors (Lipinski definition) is 1. The Kier molecular flexibility index (Phi) is 4.59. The Morgan fingerprint density at radius 2 is 1.89 bits per heavy atom. The Bertz CT molecular complexity index is 296. The smallest absolute Gasteiger partial charge is 0.223 e. The maximum atomic E-state index is 12.2. The lowest BCUT2D eigenvalue weighted by Gasteiger charge is -2.38. The van der Waals surface area contributed by atoms with Crippen LogP contribution < -0.4 is 0 Å². The first-order valence-electron chi connectivity index (χ1n) is 7.23. The summed E-state index contributed by atoms with van der Waals surface area (Å²) in [6.07, 6.45) is 4.29. The zero-order chi connectivity index (χ0) is 13.2. The molecule has 0 aromatic carbocycles. The molecule has 1 saturated heterocycles. The zero-order valence-corrected chi connectivity index (χ0v) is 12.6. The molecule has 1 atom stereocenters. The van der Waals surface area contributed by atoms with Gasteiger partial charge in [0.1, 0.15) is 0 Å². The van der Waals surface area contributed by atoms with Gasteiger partial charge in [-0.25, -0.2) is 0 Å². The van der Waals surface area contributed by atoms with Gasteiger partial charge < -0.3 is 4.90 Å². The average molecular weight is 270 g/mol. The molecule has 1 aliphatic heterocycles. The number of carbonyl (C=O) groups excluding carboxylic acids is 1. The summed E-state index contributed by atoms with van der Waals surface area (Å²) in [5.74, 6) is 1.22. The van der Waals surface area contributed by atoms with Crippen LogP contribution in [-0.2, 0) is 4.79 Å². The Morgan fingerprint density at radius 1 is 1.28 bits per heavy atom. The van der Waals surface area contributed by atoms with Crippen LogP contribution in [0, 0.1) is 5.41 Å². The number of piperazine rings is 1. The molecule has 3 nitrogen and oxygen atoms in total. The van der Waals surface area contributed by atoms with Crippen LogP contribution in [-0.4, -0.2) is 53.7 Å². The van der Waals surface area contributed by atoms with Crippen LogP contribution in [0.1, 0.15) is 39.5 Å². The van der Waals surface area contributed by atoms with Gasteiger partial charge in [0.25, 0.3) is 0 Å². The van der Waals surface area contributed by atoms with E-state index >= 15 is 0 Å². The van der Waals surface area contributed by atoms with E-state index in [9.17, 15) is 4.79 Å². The monoisotopic (exact) mass is 270 g/mol. The van der Waals surface area contributed by atoms with Crippen molar-refractivity contribution in [2.24, 2.45) is 5.41 Å². The molecule has 1 heterocycles. The highest BCUT2D eigenvalue weighted by molar-refractivity contribution is 7.80. The summed E-state index contributed by atoms with van der Waals surface area (Å²) in [4.78, 5) is 16.8. The van der Waals surface area contributed by atoms with Gasteiger partial charge in [0.05, 0.1) is 0 Å². The highest BCUT2D eigenvalue weighted by Gasteiger charge is 2.43. The maximum absolute atomic E-state index is 12.2. The molecule has 2 rings (SSSR count). The lowest BCUT2D eigenvalue weighted by Crippen LogP contribution is -2.51. The van der Waals surface area contributed by atoms with E-state index in [2.05, 4.69) is 36.3 Å². The highest BCUT2D eigenvalue weighted by atomic mass is 32.1. The van der Waals surface area contributed by atoms with Gasteiger partial charge in [0.15, 0.2) is 0 Å².